The van der Waals surface area contributed by atoms with Gasteiger partial charge in [0, 0.05) is 15.6 Å². The van der Waals surface area contributed by atoms with Crippen molar-refractivity contribution in [1.82, 2.24) is 5.43 Å². The fourth-order valence-corrected chi connectivity index (χ4v) is 4.04. The molecule has 0 heterocycles. The summed E-state index contributed by atoms with van der Waals surface area (Å²) in [6.07, 6.45) is -0.807. The Balaban J connectivity index is 2.12. The van der Waals surface area contributed by atoms with Gasteiger partial charge in [-0.3, -0.25) is 0 Å². The van der Waals surface area contributed by atoms with E-state index in [4.69, 9.17) is 27.9 Å². The molecule has 3 aromatic rings. The van der Waals surface area contributed by atoms with Gasteiger partial charge in [-0.2, -0.15) is 26.7 Å². The number of hydrazone groups is 1. The Hall–Kier alpha value is -3.28. The van der Waals surface area contributed by atoms with Gasteiger partial charge in [-0.05, 0) is 54.4 Å². The number of carbonyl (C=O) groups is 1. The molecule has 0 fully saturated rings. The van der Waals surface area contributed by atoms with Crippen LogP contribution in [0, 0.1) is 0 Å². The van der Waals surface area contributed by atoms with Crippen LogP contribution >= 0.6 is 23.2 Å². The molecule has 0 aliphatic heterocycles. The fourth-order valence-electron chi connectivity index (χ4n) is 3.27. The lowest BCUT2D eigenvalue weighted by Crippen LogP contribution is -2.28. The lowest BCUT2D eigenvalue weighted by atomic mass is 9.84. The summed E-state index contributed by atoms with van der Waals surface area (Å²) in [4.78, 5) is 12.0. The van der Waals surface area contributed by atoms with Gasteiger partial charge in [-0.25, -0.2) is 10.2 Å². The Kier molecular flexibility index (Phi) is 9.06. The van der Waals surface area contributed by atoms with E-state index in [9.17, 15) is 26.4 Å². The minimum atomic E-state index is -5.84. The summed E-state index contributed by atoms with van der Waals surface area (Å²) in [5, 5.41) is 5.11. The molecule has 0 bridgehead atoms. The van der Waals surface area contributed by atoms with Gasteiger partial charge in [-0.15, -0.1) is 0 Å². The normalized spacial score (nSPS) is 13.1. The number of benzene rings is 3. The maximum Gasteiger partial charge on any atom is 0.534 e. The van der Waals surface area contributed by atoms with Gasteiger partial charge in [0.05, 0.1) is 18.2 Å². The fraction of sp³-hybridized carbons (Fsp3) is 0.167. The van der Waals surface area contributed by atoms with Gasteiger partial charge in [0.25, 0.3) is 0 Å². The average molecular weight is 575 g/mol. The molecule has 3 rings (SSSR count). The first-order valence-corrected chi connectivity index (χ1v) is 12.7. The van der Waals surface area contributed by atoms with Gasteiger partial charge in [0.15, 0.2) is 0 Å². The third kappa shape index (κ3) is 7.37. The number of nitrogens with one attached hydrogen (secondary N) is 1. The van der Waals surface area contributed by atoms with Crippen LogP contribution < -0.4 is 9.61 Å². The van der Waals surface area contributed by atoms with E-state index in [1.807, 2.05) is 0 Å². The van der Waals surface area contributed by atoms with Crippen molar-refractivity contribution in [2.45, 2.75) is 18.3 Å². The lowest BCUT2D eigenvalue weighted by molar-refractivity contribution is -0.0500. The van der Waals surface area contributed by atoms with E-state index in [0.717, 1.165) is 12.1 Å². The van der Waals surface area contributed by atoms with Crippen LogP contribution in [0.4, 0.5) is 18.0 Å². The van der Waals surface area contributed by atoms with Gasteiger partial charge >= 0.3 is 21.7 Å². The first-order valence-electron chi connectivity index (χ1n) is 10.5. The largest absolute Gasteiger partial charge is 0.534 e. The van der Waals surface area contributed by atoms with E-state index in [1.54, 1.807) is 55.5 Å². The molecule has 0 saturated carbocycles. The molecular formula is C24H19Cl2F3N2O5S. The van der Waals surface area contributed by atoms with E-state index in [-0.39, 0.29) is 6.61 Å². The summed E-state index contributed by atoms with van der Waals surface area (Å²) in [5.74, 6) is -1.26. The number of hydrogen-bond donors (Lipinski definition) is 1. The maximum atomic E-state index is 12.7. The molecule has 1 unspecified atom stereocenters. The van der Waals surface area contributed by atoms with Crippen LogP contribution in [0.2, 0.25) is 10.0 Å². The van der Waals surface area contributed by atoms with Gasteiger partial charge < -0.3 is 8.92 Å². The van der Waals surface area contributed by atoms with Gasteiger partial charge in [0.2, 0.25) is 0 Å². The van der Waals surface area contributed by atoms with Crippen LogP contribution in [-0.2, 0) is 14.9 Å². The van der Waals surface area contributed by atoms with Crippen molar-refractivity contribution in [1.29, 1.82) is 0 Å². The number of nitrogens with zero attached hydrogens (tertiary/aromatic N) is 1. The Morgan fingerprint density at radius 1 is 0.973 bits per heavy atom. The third-order valence-electron chi connectivity index (χ3n) is 4.84. The second-order valence-corrected chi connectivity index (χ2v) is 9.79. The molecule has 0 radical (unpaired) electrons. The summed E-state index contributed by atoms with van der Waals surface area (Å²) >= 11 is 12.2. The van der Waals surface area contributed by atoms with Crippen molar-refractivity contribution in [2.75, 3.05) is 6.61 Å². The molecule has 1 amide bonds. The second-order valence-electron chi connectivity index (χ2n) is 7.38. The number of amides is 1. The number of halogens is 5. The molecule has 0 aromatic heterocycles. The topological polar surface area (TPSA) is 94.1 Å². The Morgan fingerprint density at radius 2 is 1.57 bits per heavy atom. The van der Waals surface area contributed by atoms with Crippen LogP contribution in [0.3, 0.4) is 0 Å². The van der Waals surface area contributed by atoms with Crippen molar-refractivity contribution in [2.24, 2.45) is 5.10 Å². The van der Waals surface area contributed by atoms with Crippen molar-refractivity contribution in [3.8, 4) is 5.75 Å². The number of alkyl halides is 3. The zero-order chi connectivity index (χ0) is 27.2. The minimum absolute atomic E-state index is 0.108. The highest BCUT2D eigenvalue weighted by Crippen LogP contribution is 2.33. The summed E-state index contributed by atoms with van der Waals surface area (Å²) in [7, 11) is -5.84. The smallest absolute Gasteiger partial charge is 0.449 e. The highest BCUT2D eigenvalue weighted by molar-refractivity contribution is 7.88. The molecule has 3 aromatic carbocycles. The zero-order valence-electron chi connectivity index (χ0n) is 19.0. The standard InChI is InChI=1S/C24H19Cl2F3N2O5S/c1-2-35-23(32)31-30-22(17-4-3-5-19(26)14-17)21(15-6-10-18(25)11-7-15)16-8-12-20(13-9-16)36-37(33,34)24(27,28)29/h3-14,21H,2H2,1H3,(H,31,32). The first-order chi connectivity index (χ1) is 17.4. The molecule has 1 N–H and O–H groups in total. The maximum absolute atomic E-state index is 12.7. The molecule has 7 nitrogen and oxygen atoms in total. The lowest BCUT2D eigenvalue weighted by Gasteiger charge is -2.22. The van der Waals surface area contributed by atoms with Crippen LogP contribution in [0.5, 0.6) is 5.75 Å². The highest BCUT2D eigenvalue weighted by Gasteiger charge is 2.48. The van der Waals surface area contributed by atoms with Crippen molar-refractivity contribution >= 4 is 45.1 Å². The van der Waals surface area contributed by atoms with E-state index in [2.05, 4.69) is 14.7 Å². The summed E-state index contributed by atoms with van der Waals surface area (Å²) in [6.45, 7) is 1.73. The van der Waals surface area contributed by atoms with Crippen LogP contribution in [-0.4, -0.2) is 32.3 Å². The molecule has 13 heteroatoms. The molecule has 0 aliphatic rings. The van der Waals surface area contributed by atoms with E-state index in [0.29, 0.717) is 32.4 Å². The molecule has 0 saturated heterocycles. The summed E-state index contributed by atoms with van der Waals surface area (Å²) in [5.41, 5.74) is -1.32. The number of ether oxygens (including phenoxy) is 1. The number of hydrogen-bond acceptors (Lipinski definition) is 6. The Morgan fingerprint density at radius 3 is 2.11 bits per heavy atom. The Bertz CT molecular complexity index is 1380. The highest BCUT2D eigenvalue weighted by atomic mass is 35.5. The van der Waals surface area contributed by atoms with E-state index in [1.165, 1.54) is 12.1 Å². The van der Waals surface area contributed by atoms with Crippen molar-refractivity contribution in [3.05, 3.63) is 99.5 Å². The summed E-state index contributed by atoms with van der Waals surface area (Å²) in [6, 6.07) is 18.2. The molecule has 0 spiro atoms. The summed E-state index contributed by atoms with van der Waals surface area (Å²) < 4.78 is 70.0. The van der Waals surface area contributed by atoms with Crippen LogP contribution in [0.1, 0.15) is 29.5 Å². The molecule has 0 aliphatic carbocycles. The molecular weight excluding hydrogens is 556 g/mol. The second kappa shape index (κ2) is 11.8. The molecule has 196 valence electrons. The molecule has 37 heavy (non-hydrogen) atoms. The quantitative estimate of drug-likeness (QED) is 0.143. The number of rotatable bonds is 8. The number of carbonyl (C=O) groups excluding carboxylic acids is 1. The third-order valence-corrected chi connectivity index (χ3v) is 6.31. The van der Waals surface area contributed by atoms with Crippen LogP contribution in [0.25, 0.3) is 0 Å². The van der Waals surface area contributed by atoms with Crippen molar-refractivity contribution < 1.29 is 35.3 Å². The van der Waals surface area contributed by atoms with Crippen LogP contribution in [0.15, 0.2) is 77.9 Å². The predicted octanol–water partition coefficient (Wildman–Crippen LogP) is 6.50. The monoisotopic (exact) mass is 574 g/mol. The SMILES string of the molecule is CCOC(=O)NN=C(c1cccc(Cl)c1)C(c1ccc(Cl)cc1)c1ccc(OS(=O)(=O)C(F)(F)F)cc1. The van der Waals surface area contributed by atoms with Gasteiger partial charge in [0.1, 0.15) is 5.75 Å². The van der Waals surface area contributed by atoms with E-state index >= 15 is 0 Å². The van der Waals surface area contributed by atoms with Crippen molar-refractivity contribution in [3.63, 3.8) is 0 Å². The van der Waals surface area contributed by atoms with Gasteiger partial charge in [-0.1, -0.05) is 59.6 Å². The molecule has 1 atom stereocenters. The Labute approximate surface area is 220 Å². The average Bonchev–Trinajstić information content (AvgIpc) is 2.82. The predicted molar refractivity (Wildman–Crippen MR) is 133 cm³/mol. The minimum Gasteiger partial charge on any atom is -0.449 e. The van der Waals surface area contributed by atoms with E-state index < -0.39 is 33.4 Å². The first kappa shape index (κ1) is 28.3. The zero-order valence-corrected chi connectivity index (χ0v) is 21.3.